The van der Waals surface area contributed by atoms with Gasteiger partial charge >= 0.3 is 0 Å². The topological polar surface area (TPSA) is 17.1 Å². The first-order valence-corrected chi connectivity index (χ1v) is 4.47. The summed E-state index contributed by atoms with van der Waals surface area (Å²) >= 11 is 0. The summed E-state index contributed by atoms with van der Waals surface area (Å²) in [5, 5.41) is 0. The Morgan fingerprint density at radius 3 is 2.91 bits per heavy atom. The smallest absolute Gasteiger partial charge is 0.143 e. The summed E-state index contributed by atoms with van der Waals surface area (Å²) in [5.74, 6) is 1.05. The van der Waals surface area contributed by atoms with Gasteiger partial charge in [-0.05, 0) is 25.2 Å². The van der Waals surface area contributed by atoms with Crippen molar-refractivity contribution in [2.75, 3.05) is 0 Å². The van der Waals surface area contributed by atoms with Gasteiger partial charge in [-0.1, -0.05) is 19.1 Å². The van der Waals surface area contributed by atoms with E-state index in [0.717, 1.165) is 25.7 Å². The molecule has 2 unspecified atom stereocenters. The van der Waals surface area contributed by atoms with E-state index >= 15 is 0 Å². The first-order chi connectivity index (χ1) is 5.26. The molecule has 0 aromatic carbocycles. The summed E-state index contributed by atoms with van der Waals surface area (Å²) in [4.78, 5) is 11.6. The van der Waals surface area contributed by atoms with Crippen LogP contribution in [0.25, 0.3) is 0 Å². The van der Waals surface area contributed by atoms with Gasteiger partial charge in [-0.2, -0.15) is 0 Å². The lowest BCUT2D eigenvalue weighted by atomic mass is 9.77. The van der Waals surface area contributed by atoms with E-state index in [0.29, 0.717) is 11.7 Å². The number of rotatable bonds is 0. The molecule has 11 heavy (non-hydrogen) atoms. The second kappa shape index (κ2) is 2.20. The zero-order valence-corrected chi connectivity index (χ0v) is 6.97. The van der Waals surface area contributed by atoms with Crippen LogP contribution in [0.2, 0.25) is 0 Å². The summed E-state index contributed by atoms with van der Waals surface area (Å²) < 4.78 is 0. The van der Waals surface area contributed by atoms with E-state index in [-0.39, 0.29) is 5.41 Å². The summed E-state index contributed by atoms with van der Waals surface area (Å²) in [5.41, 5.74) is -0.0139. The monoisotopic (exact) mass is 150 g/mol. The van der Waals surface area contributed by atoms with Gasteiger partial charge in [0.25, 0.3) is 0 Å². The van der Waals surface area contributed by atoms with Crippen molar-refractivity contribution in [2.24, 2.45) is 11.3 Å². The first-order valence-electron chi connectivity index (χ1n) is 4.47. The van der Waals surface area contributed by atoms with Gasteiger partial charge in [0, 0.05) is 11.8 Å². The molecule has 1 fully saturated rings. The van der Waals surface area contributed by atoms with Gasteiger partial charge < -0.3 is 0 Å². The van der Waals surface area contributed by atoms with E-state index in [1.807, 2.05) is 0 Å². The highest BCUT2D eigenvalue weighted by Gasteiger charge is 2.45. The molecule has 0 aliphatic heterocycles. The molecule has 2 aliphatic rings. The molecule has 0 radical (unpaired) electrons. The van der Waals surface area contributed by atoms with Crippen molar-refractivity contribution in [1.82, 2.24) is 0 Å². The third kappa shape index (κ3) is 0.800. The normalized spacial score (nSPS) is 42.6. The third-order valence-corrected chi connectivity index (χ3v) is 3.30. The van der Waals surface area contributed by atoms with Gasteiger partial charge in [0.1, 0.15) is 5.78 Å². The van der Waals surface area contributed by atoms with E-state index in [2.05, 4.69) is 19.1 Å². The molecule has 0 aromatic heterocycles. The minimum atomic E-state index is -0.0139. The molecule has 0 saturated heterocycles. The fraction of sp³-hybridized carbons (Fsp3) is 0.700. The van der Waals surface area contributed by atoms with Crippen molar-refractivity contribution in [3.63, 3.8) is 0 Å². The summed E-state index contributed by atoms with van der Waals surface area (Å²) in [6, 6.07) is 0. The fourth-order valence-corrected chi connectivity index (χ4v) is 2.47. The van der Waals surface area contributed by atoms with E-state index in [4.69, 9.17) is 0 Å². The highest BCUT2D eigenvalue weighted by Crippen LogP contribution is 2.47. The highest BCUT2D eigenvalue weighted by atomic mass is 16.1. The lowest BCUT2D eigenvalue weighted by molar-refractivity contribution is -0.125. The molecule has 1 heteroatoms. The number of Topliss-reactive ketones (excluding diaryl/α,β-unsaturated/α-hetero) is 1. The van der Waals surface area contributed by atoms with Crippen LogP contribution in [0.1, 0.15) is 32.6 Å². The van der Waals surface area contributed by atoms with Crippen LogP contribution in [0.5, 0.6) is 0 Å². The Labute approximate surface area is 67.5 Å². The van der Waals surface area contributed by atoms with Gasteiger partial charge in [-0.3, -0.25) is 4.79 Å². The van der Waals surface area contributed by atoms with Crippen LogP contribution in [-0.4, -0.2) is 5.78 Å². The molecule has 0 heterocycles. The summed E-state index contributed by atoms with van der Waals surface area (Å²) in [7, 11) is 0. The minimum Gasteiger partial charge on any atom is -0.299 e. The maximum absolute atomic E-state index is 11.6. The maximum Gasteiger partial charge on any atom is 0.143 e. The van der Waals surface area contributed by atoms with Crippen LogP contribution < -0.4 is 0 Å². The summed E-state index contributed by atoms with van der Waals surface area (Å²) in [6.07, 6.45) is 8.46. The van der Waals surface area contributed by atoms with Gasteiger partial charge in [0.15, 0.2) is 0 Å². The first kappa shape index (κ1) is 7.08. The van der Waals surface area contributed by atoms with Crippen LogP contribution in [0.4, 0.5) is 0 Å². The second-order valence-corrected chi connectivity index (χ2v) is 3.86. The quantitative estimate of drug-likeness (QED) is 0.484. The Kier molecular flexibility index (Phi) is 1.41. The molecule has 0 bridgehead atoms. The van der Waals surface area contributed by atoms with E-state index in [9.17, 15) is 4.79 Å². The van der Waals surface area contributed by atoms with Gasteiger partial charge in [-0.25, -0.2) is 0 Å². The lowest BCUT2D eigenvalue weighted by Crippen LogP contribution is -2.27. The molecule has 2 aliphatic carbocycles. The molecule has 2 rings (SSSR count). The lowest BCUT2D eigenvalue weighted by Gasteiger charge is -2.25. The third-order valence-electron chi connectivity index (χ3n) is 3.30. The maximum atomic E-state index is 11.6. The predicted molar refractivity (Wildman–Crippen MR) is 44.2 cm³/mol. The van der Waals surface area contributed by atoms with E-state index < -0.39 is 0 Å². The minimum absolute atomic E-state index is 0.0139. The summed E-state index contributed by atoms with van der Waals surface area (Å²) in [6.45, 7) is 2.20. The van der Waals surface area contributed by atoms with Crippen LogP contribution in [0.3, 0.4) is 0 Å². The van der Waals surface area contributed by atoms with Crippen molar-refractivity contribution in [3.05, 3.63) is 12.2 Å². The number of allylic oxidation sites excluding steroid dienone is 2. The van der Waals surface area contributed by atoms with E-state index in [1.165, 1.54) is 0 Å². The predicted octanol–water partition coefficient (Wildman–Crippen LogP) is 2.32. The molecule has 0 N–H and O–H groups in total. The van der Waals surface area contributed by atoms with Crippen molar-refractivity contribution >= 4 is 5.78 Å². The van der Waals surface area contributed by atoms with Crippen LogP contribution in [0, 0.1) is 11.3 Å². The molecule has 0 amide bonds. The second-order valence-electron chi connectivity index (χ2n) is 3.86. The molecule has 1 spiro atoms. The van der Waals surface area contributed by atoms with Gasteiger partial charge in [0.05, 0.1) is 0 Å². The van der Waals surface area contributed by atoms with Gasteiger partial charge in [0.2, 0.25) is 0 Å². The molecule has 1 nitrogen and oxygen atoms in total. The molecule has 1 saturated carbocycles. The Morgan fingerprint density at radius 2 is 2.45 bits per heavy atom. The zero-order valence-electron chi connectivity index (χ0n) is 6.97. The molecule has 0 aromatic rings. The molecule has 60 valence electrons. The van der Waals surface area contributed by atoms with Crippen molar-refractivity contribution < 1.29 is 4.79 Å². The largest absolute Gasteiger partial charge is 0.299 e. The van der Waals surface area contributed by atoms with Crippen molar-refractivity contribution in [2.45, 2.75) is 32.6 Å². The van der Waals surface area contributed by atoms with Crippen molar-refractivity contribution in [3.8, 4) is 0 Å². The number of hydrogen-bond acceptors (Lipinski definition) is 1. The Morgan fingerprint density at radius 1 is 1.64 bits per heavy atom. The number of carbonyl (C=O) groups is 1. The number of carbonyl (C=O) groups excluding carboxylic acids is 1. The Balaban J connectivity index is 2.33. The highest BCUT2D eigenvalue weighted by molar-refractivity contribution is 5.89. The van der Waals surface area contributed by atoms with Crippen molar-refractivity contribution in [1.29, 1.82) is 0 Å². The van der Waals surface area contributed by atoms with Crippen LogP contribution in [-0.2, 0) is 4.79 Å². The van der Waals surface area contributed by atoms with Gasteiger partial charge in [-0.15, -0.1) is 0 Å². The van der Waals surface area contributed by atoms with Crippen LogP contribution >= 0.6 is 0 Å². The number of ketones is 1. The Bertz CT molecular complexity index is 217. The molecule has 2 atom stereocenters. The Hall–Kier alpha value is -0.590. The molecular weight excluding hydrogens is 136 g/mol. The average molecular weight is 150 g/mol. The SMILES string of the molecule is CC1CC=CC12CCCC2=O. The van der Waals surface area contributed by atoms with E-state index in [1.54, 1.807) is 0 Å². The number of hydrogen-bond donors (Lipinski definition) is 0. The molecular formula is C10H14O. The fourth-order valence-electron chi connectivity index (χ4n) is 2.47. The van der Waals surface area contributed by atoms with Crippen LogP contribution in [0.15, 0.2) is 12.2 Å². The zero-order chi connectivity index (χ0) is 7.90. The average Bonchev–Trinajstić information content (AvgIpc) is 2.48. The standard InChI is InChI=1S/C10H14O/c1-8-4-2-6-10(8)7-3-5-9(10)11/h2,6,8H,3-5,7H2,1H3.